The lowest BCUT2D eigenvalue weighted by Crippen LogP contribution is -2.54. The molecule has 2 unspecified atom stereocenters. The quantitative estimate of drug-likeness (QED) is 0.449. The highest BCUT2D eigenvalue weighted by Crippen LogP contribution is 2.33. The summed E-state index contributed by atoms with van der Waals surface area (Å²) in [5, 5.41) is 3.61. The Bertz CT molecular complexity index is 1220. The first kappa shape index (κ1) is 29.6. The fourth-order valence-corrected chi connectivity index (χ4v) is 5.96. The van der Waals surface area contributed by atoms with Gasteiger partial charge in [0.1, 0.15) is 5.75 Å². The van der Waals surface area contributed by atoms with E-state index in [-0.39, 0.29) is 24.2 Å². The van der Waals surface area contributed by atoms with Crippen molar-refractivity contribution in [1.29, 1.82) is 0 Å². The third kappa shape index (κ3) is 7.77. The van der Waals surface area contributed by atoms with Crippen molar-refractivity contribution in [3.63, 3.8) is 0 Å². The van der Waals surface area contributed by atoms with Gasteiger partial charge in [0, 0.05) is 32.2 Å². The average molecular weight is 579 g/mol. The Morgan fingerprint density at radius 3 is 2.54 bits per heavy atom. The molecule has 1 saturated heterocycles. The third-order valence-electron chi connectivity index (χ3n) is 6.64. The zero-order valence-corrected chi connectivity index (χ0v) is 23.2. The summed E-state index contributed by atoms with van der Waals surface area (Å²) in [5.74, 6) is -0.259. The van der Waals surface area contributed by atoms with E-state index in [1.165, 1.54) is 22.7 Å². The van der Waals surface area contributed by atoms with Gasteiger partial charge in [-0.3, -0.25) is 4.79 Å². The third-order valence-corrected chi connectivity index (χ3v) is 8.77. The number of amides is 1. The molecule has 204 valence electrons. The summed E-state index contributed by atoms with van der Waals surface area (Å²) in [6, 6.07) is 11.0. The number of carbonyl (C=O) groups is 1. The highest BCUT2D eigenvalue weighted by Gasteiger charge is 2.37. The van der Waals surface area contributed by atoms with Crippen molar-refractivity contribution in [3.05, 3.63) is 63.6 Å². The van der Waals surface area contributed by atoms with Gasteiger partial charge in [-0.25, -0.2) is 8.42 Å². The maximum atomic E-state index is 13.6. The predicted octanol–water partition coefficient (Wildman–Crippen LogP) is 4.52. The van der Waals surface area contributed by atoms with Crippen LogP contribution in [0.1, 0.15) is 31.4 Å². The van der Waals surface area contributed by atoms with Crippen LogP contribution in [0.25, 0.3) is 0 Å². The maximum absolute atomic E-state index is 13.6. The number of piperazine rings is 1. The maximum Gasteiger partial charge on any atom is 0.387 e. The lowest BCUT2D eigenvalue weighted by molar-refractivity contribution is -0.126. The molecule has 2 atom stereocenters. The van der Waals surface area contributed by atoms with Crippen molar-refractivity contribution in [1.82, 2.24) is 14.5 Å². The van der Waals surface area contributed by atoms with E-state index in [0.29, 0.717) is 53.8 Å². The Hall–Kier alpha value is -1.98. The molecule has 0 radical (unpaired) electrons. The van der Waals surface area contributed by atoms with Crippen molar-refractivity contribution in [2.75, 3.05) is 32.4 Å². The fraction of sp³-hybridized carbons (Fsp3) is 0.480. The zero-order valence-electron chi connectivity index (χ0n) is 20.9. The zero-order chi connectivity index (χ0) is 27.4. The highest BCUT2D eigenvalue weighted by molar-refractivity contribution is 7.88. The van der Waals surface area contributed by atoms with Gasteiger partial charge in [-0.2, -0.15) is 13.1 Å². The monoisotopic (exact) mass is 577 g/mol. The molecule has 37 heavy (non-hydrogen) atoms. The number of hydrogen-bond acceptors (Lipinski definition) is 5. The number of sulfonamides is 1. The van der Waals surface area contributed by atoms with E-state index in [2.05, 4.69) is 15.0 Å². The first-order chi connectivity index (χ1) is 17.3. The molecule has 2 aromatic carbocycles. The topological polar surface area (TPSA) is 79.0 Å². The van der Waals surface area contributed by atoms with Gasteiger partial charge in [0.2, 0.25) is 15.9 Å². The van der Waals surface area contributed by atoms with Crippen LogP contribution in [0, 0.1) is 0 Å². The number of rotatable bonds is 10. The summed E-state index contributed by atoms with van der Waals surface area (Å²) in [6.45, 7) is 2.87. The van der Waals surface area contributed by atoms with Gasteiger partial charge < -0.3 is 15.0 Å². The van der Waals surface area contributed by atoms with E-state index in [4.69, 9.17) is 23.2 Å². The second-order valence-electron chi connectivity index (χ2n) is 9.44. The largest absolute Gasteiger partial charge is 0.435 e. The summed E-state index contributed by atoms with van der Waals surface area (Å²) in [5.41, 5.74) is 0.286. The first-order valence-electron chi connectivity index (χ1n) is 11.8. The Balaban J connectivity index is 1.76. The highest BCUT2D eigenvalue weighted by atomic mass is 35.5. The molecule has 0 aromatic heterocycles. The number of nitrogens with zero attached hydrogens (tertiary/aromatic N) is 2. The van der Waals surface area contributed by atoms with Crippen LogP contribution in [0.3, 0.4) is 0 Å². The molecule has 1 amide bonds. The van der Waals surface area contributed by atoms with Crippen molar-refractivity contribution >= 4 is 39.1 Å². The van der Waals surface area contributed by atoms with Crippen molar-refractivity contribution < 1.29 is 26.7 Å². The first-order valence-corrected chi connectivity index (χ1v) is 14.4. The number of halogens is 4. The molecule has 0 saturated carbocycles. The molecular formula is C25H31Cl2F2N3O4S. The van der Waals surface area contributed by atoms with E-state index < -0.39 is 22.0 Å². The van der Waals surface area contributed by atoms with Crippen molar-refractivity contribution in [3.8, 4) is 5.75 Å². The SMILES string of the molecule is CC1CN(CCC(C)(C(=O)NCc2cccc(OC(F)F)c2)c2ccc(Cl)c(Cl)c2)CCN1S(C)(=O)=O. The van der Waals surface area contributed by atoms with E-state index in [1.54, 1.807) is 30.3 Å². The molecule has 0 bridgehead atoms. The van der Waals surface area contributed by atoms with Crippen LogP contribution >= 0.6 is 23.2 Å². The normalized spacial score (nSPS) is 19.0. The Morgan fingerprint density at radius 1 is 1.19 bits per heavy atom. The molecule has 1 aliphatic heterocycles. The summed E-state index contributed by atoms with van der Waals surface area (Å²) in [7, 11) is -3.29. The Morgan fingerprint density at radius 2 is 1.92 bits per heavy atom. The molecular weight excluding hydrogens is 547 g/mol. The average Bonchev–Trinajstić information content (AvgIpc) is 2.81. The molecule has 12 heteroatoms. The molecule has 2 aromatic rings. The van der Waals surface area contributed by atoms with Crippen molar-refractivity contribution in [2.45, 2.75) is 44.9 Å². The smallest absolute Gasteiger partial charge is 0.387 e. The van der Waals surface area contributed by atoms with Crippen LogP contribution < -0.4 is 10.1 Å². The minimum absolute atomic E-state index is 0.0105. The van der Waals surface area contributed by atoms with E-state index in [0.717, 1.165) is 0 Å². The standard InChI is InChI=1S/C25H31Cl2F2N3O4S/c1-17-16-31(11-12-32(17)37(3,34)35)10-9-25(2,19-7-8-21(26)22(27)14-19)23(33)30-15-18-5-4-6-20(13-18)36-24(28)29/h4-8,13-14,17,24H,9-12,15-16H2,1-3H3,(H,30,33). The second-order valence-corrected chi connectivity index (χ2v) is 12.2. The van der Waals surface area contributed by atoms with E-state index in [1.807, 2.05) is 13.8 Å². The van der Waals surface area contributed by atoms with Crippen LogP contribution in [0.15, 0.2) is 42.5 Å². The van der Waals surface area contributed by atoms with Crippen LogP contribution in [0.2, 0.25) is 10.0 Å². The summed E-state index contributed by atoms with van der Waals surface area (Å²) >= 11 is 12.4. The molecule has 1 fully saturated rings. The van der Waals surface area contributed by atoms with Gasteiger partial charge in [-0.05, 0) is 62.2 Å². The lowest BCUT2D eigenvalue weighted by Gasteiger charge is -2.40. The molecule has 7 nitrogen and oxygen atoms in total. The van der Waals surface area contributed by atoms with E-state index >= 15 is 0 Å². The van der Waals surface area contributed by atoms with Gasteiger partial charge in [-0.15, -0.1) is 0 Å². The molecule has 1 aliphatic rings. The number of alkyl halides is 2. The second kappa shape index (κ2) is 12.3. The van der Waals surface area contributed by atoms with Crippen LogP contribution in [-0.4, -0.2) is 68.6 Å². The summed E-state index contributed by atoms with van der Waals surface area (Å²) < 4.78 is 55.1. The number of ether oxygens (including phenoxy) is 1. The van der Waals surface area contributed by atoms with Crippen molar-refractivity contribution in [2.24, 2.45) is 0 Å². The Kier molecular flexibility index (Phi) is 9.79. The number of carbonyl (C=O) groups excluding carboxylic acids is 1. The number of hydrogen-bond donors (Lipinski definition) is 1. The predicted molar refractivity (Wildman–Crippen MR) is 141 cm³/mol. The van der Waals surface area contributed by atoms with E-state index in [9.17, 15) is 22.0 Å². The van der Waals surface area contributed by atoms with Gasteiger partial charge in [0.25, 0.3) is 0 Å². The Labute approximate surface area is 226 Å². The minimum Gasteiger partial charge on any atom is -0.435 e. The molecule has 0 aliphatic carbocycles. The molecule has 0 spiro atoms. The number of nitrogens with one attached hydrogen (secondary N) is 1. The van der Waals surface area contributed by atoms with Gasteiger partial charge in [0.05, 0.1) is 21.7 Å². The minimum atomic E-state index is -3.29. The van der Waals surface area contributed by atoms with Gasteiger partial charge >= 0.3 is 6.61 Å². The summed E-state index contributed by atoms with van der Waals surface area (Å²) in [4.78, 5) is 15.7. The molecule has 3 rings (SSSR count). The van der Waals surface area contributed by atoms with Crippen LogP contribution in [-0.2, 0) is 26.8 Å². The van der Waals surface area contributed by atoms with Gasteiger partial charge in [0.15, 0.2) is 0 Å². The molecule has 1 N–H and O–H groups in total. The van der Waals surface area contributed by atoms with Crippen LogP contribution in [0.4, 0.5) is 8.78 Å². The molecule has 1 heterocycles. The fourth-order valence-electron chi connectivity index (χ4n) is 4.53. The van der Waals surface area contributed by atoms with Gasteiger partial charge in [-0.1, -0.05) is 41.4 Å². The van der Waals surface area contributed by atoms with Crippen LogP contribution in [0.5, 0.6) is 5.75 Å². The lowest BCUT2D eigenvalue weighted by atomic mass is 9.78. The summed E-state index contributed by atoms with van der Waals surface area (Å²) in [6.07, 6.45) is 1.64. The number of benzene rings is 2.